The number of anilines is 1. The third-order valence-electron chi connectivity index (χ3n) is 3.20. The molecule has 116 valence electrons. The van der Waals surface area contributed by atoms with Crippen LogP contribution in [-0.2, 0) is 6.18 Å². The van der Waals surface area contributed by atoms with E-state index in [4.69, 9.17) is 29.6 Å². The van der Waals surface area contributed by atoms with E-state index < -0.39 is 11.7 Å². The number of piperazine rings is 1. The summed E-state index contributed by atoms with van der Waals surface area (Å²) in [4.78, 5) is 8.22. The fourth-order valence-electron chi connectivity index (χ4n) is 2.16. The molecule has 4 nitrogen and oxygen atoms in total. The Balaban J connectivity index is 2.05. The van der Waals surface area contributed by atoms with Crippen molar-refractivity contribution in [2.75, 3.05) is 37.6 Å². The molecule has 0 spiro atoms. The number of pyridine rings is 1. The van der Waals surface area contributed by atoms with Gasteiger partial charge in [0.05, 0.1) is 15.6 Å². The van der Waals surface area contributed by atoms with Gasteiger partial charge in [-0.15, -0.1) is 0 Å². The molecule has 0 saturated carbocycles. The van der Waals surface area contributed by atoms with E-state index in [9.17, 15) is 13.2 Å². The van der Waals surface area contributed by atoms with Crippen LogP contribution in [0.1, 0.15) is 5.56 Å². The Morgan fingerprint density at radius 2 is 1.95 bits per heavy atom. The van der Waals surface area contributed by atoms with Crippen LogP contribution in [0.4, 0.5) is 19.0 Å². The highest BCUT2D eigenvalue weighted by molar-refractivity contribution is 7.80. The van der Waals surface area contributed by atoms with Crippen molar-refractivity contribution in [2.24, 2.45) is 5.73 Å². The maximum absolute atomic E-state index is 12.6. The first-order valence-electron chi connectivity index (χ1n) is 6.25. The van der Waals surface area contributed by atoms with Crippen molar-refractivity contribution in [3.63, 3.8) is 0 Å². The predicted molar refractivity (Wildman–Crippen MR) is 79.7 cm³/mol. The van der Waals surface area contributed by atoms with Crippen LogP contribution < -0.4 is 10.6 Å². The molecule has 0 radical (unpaired) electrons. The third kappa shape index (κ3) is 4.18. The van der Waals surface area contributed by atoms with Crippen LogP contribution in [0, 0.1) is 0 Å². The van der Waals surface area contributed by atoms with Gasteiger partial charge in [0, 0.05) is 38.9 Å². The first-order valence-corrected chi connectivity index (χ1v) is 7.04. The summed E-state index contributed by atoms with van der Waals surface area (Å²) in [5.41, 5.74) is 4.64. The van der Waals surface area contributed by atoms with E-state index in [1.54, 1.807) is 0 Å². The minimum Gasteiger partial charge on any atom is -0.392 e. The van der Waals surface area contributed by atoms with Gasteiger partial charge >= 0.3 is 6.18 Å². The molecule has 0 aliphatic carbocycles. The number of hydrogen-bond donors (Lipinski definition) is 1. The number of hydrogen-bond acceptors (Lipinski definition) is 4. The molecule has 0 aromatic carbocycles. The van der Waals surface area contributed by atoms with Gasteiger partial charge in [-0.1, -0.05) is 23.8 Å². The quantitative estimate of drug-likeness (QED) is 0.856. The number of nitrogens with zero attached hydrogens (tertiary/aromatic N) is 3. The molecule has 0 amide bonds. The summed E-state index contributed by atoms with van der Waals surface area (Å²) in [5, 5.41) is 0.00706. The molecular weight excluding hydrogens is 325 g/mol. The summed E-state index contributed by atoms with van der Waals surface area (Å²) in [6.45, 7) is 3.17. The van der Waals surface area contributed by atoms with E-state index in [-0.39, 0.29) is 5.02 Å². The minimum absolute atomic E-state index is 0.00706. The Kier molecular flexibility index (Phi) is 4.90. The number of rotatable bonds is 3. The van der Waals surface area contributed by atoms with Gasteiger partial charge in [0.1, 0.15) is 5.82 Å². The van der Waals surface area contributed by atoms with Crippen molar-refractivity contribution in [3.05, 3.63) is 22.8 Å². The average Bonchev–Trinajstić information content (AvgIpc) is 2.38. The van der Waals surface area contributed by atoms with E-state index >= 15 is 0 Å². The van der Waals surface area contributed by atoms with E-state index in [0.717, 1.165) is 12.3 Å². The molecule has 2 N–H and O–H groups in total. The van der Waals surface area contributed by atoms with Crippen LogP contribution in [-0.4, -0.2) is 47.6 Å². The van der Waals surface area contributed by atoms with Gasteiger partial charge in [-0.25, -0.2) is 4.98 Å². The predicted octanol–water partition coefficient (Wildman–Crippen LogP) is 2.16. The summed E-state index contributed by atoms with van der Waals surface area (Å²) in [5.74, 6) is 0.375. The number of nitrogens with two attached hydrogens (primary N) is 1. The van der Waals surface area contributed by atoms with Gasteiger partial charge < -0.3 is 10.6 Å². The molecular formula is C12H14ClF3N4S. The number of halogens is 4. The second-order valence-electron chi connectivity index (χ2n) is 4.76. The Hall–Kier alpha value is -1.12. The second-order valence-corrected chi connectivity index (χ2v) is 5.69. The SMILES string of the molecule is NC(=S)CN1CCN(c2ncc(C(F)(F)F)cc2Cl)CC1. The number of aromatic nitrogens is 1. The van der Waals surface area contributed by atoms with Crippen LogP contribution in [0.5, 0.6) is 0 Å². The molecule has 1 saturated heterocycles. The lowest BCUT2D eigenvalue weighted by Crippen LogP contribution is -2.49. The second kappa shape index (κ2) is 6.33. The molecule has 1 aromatic rings. The Morgan fingerprint density at radius 3 is 2.43 bits per heavy atom. The summed E-state index contributed by atoms with van der Waals surface area (Å²) < 4.78 is 37.7. The molecule has 0 atom stereocenters. The highest BCUT2D eigenvalue weighted by Crippen LogP contribution is 2.33. The van der Waals surface area contributed by atoms with Crippen molar-refractivity contribution >= 4 is 34.6 Å². The topological polar surface area (TPSA) is 45.4 Å². The van der Waals surface area contributed by atoms with E-state index in [0.29, 0.717) is 43.5 Å². The van der Waals surface area contributed by atoms with Crippen molar-refractivity contribution in [1.29, 1.82) is 0 Å². The lowest BCUT2D eigenvalue weighted by Gasteiger charge is -2.35. The molecule has 1 fully saturated rings. The van der Waals surface area contributed by atoms with Gasteiger partial charge in [-0.3, -0.25) is 4.90 Å². The third-order valence-corrected chi connectivity index (χ3v) is 3.61. The van der Waals surface area contributed by atoms with E-state index in [2.05, 4.69) is 9.88 Å². The van der Waals surface area contributed by atoms with Gasteiger partial charge in [-0.2, -0.15) is 13.2 Å². The standard InChI is InChI=1S/C12H14ClF3N4S/c13-9-5-8(12(14,15)16)6-18-11(9)20-3-1-19(2-4-20)7-10(17)21/h5-6H,1-4,7H2,(H2,17,21). The molecule has 9 heteroatoms. The highest BCUT2D eigenvalue weighted by atomic mass is 35.5. The van der Waals surface area contributed by atoms with Crippen LogP contribution in [0.15, 0.2) is 12.3 Å². The lowest BCUT2D eigenvalue weighted by atomic mass is 10.2. The Bertz CT molecular complexity index is 530. The smallest absolute Gasteiger partial charge is 0.392 e. The molecule has 1 aromatic heterocycles. The normalized spacial score (nSPS) is 17.0. The summed E-state index contributed by atoms with van der Waals surface area (Å²) in [7, 11) is 0. The van der Waals surface area contributed by atoms with Crippen molar-refractivity contribution in [3.8, 4) is 0 Å². The molecule has 2 rings (SSSR count). The van der Waals surface area contributed by atoms with Gasteiger partial charge in [0.25, 0.3) is 0 Å². The molecule has 1 aliphatic heterocycles. The van der Waals surface area contributed by atoms with E-state index in [1.807, 2.05) is 4.90 Å². The zero-order valence-corrected chi connectivity index (χ0v) is 12.6. The maximum Gasteiger partial charge on any atom is 0.417 e. The highest BCUT2D eigenvalue weighted by Gasteiger charge is 2.32. The van der Waals surface area contributed by atoms with Gasteiger partial charge in [-0.05, 0) is 6.07 Å². The number of alkyl halides is 3. The summed E-state index contributed by atoms with van der Waals surface area (Å²) in [6, 6.07) is 0.908. The average molecular weight is 339 g/mol. The van der Waals surface area contributed by atoms with Gasteiger partial charge in [0.2, 0.25) is 0 Å². The Morgan fingerprint density at radius 1 is 1.33 bits per heavy atom. The maximum atomic E-state index is 12.6. The first kappa shape index (κ1) is 16.3. The molecule has 1 aliphatic rings. The van der Waals surface area contributed by atoms with Crippen LogP contribution in [0.25, 0.3) is 0 Å². The molecule has 21 heavy (non-hydrogen) atoms. The monoisotopic (exact) mass is 338 g/mol. The van der Waals surface area contributed by atoms with Crippen molar-refractivity contribution in [2.45, 2.75) is 6.18 Å². The zero-order valence-electron chi connectivity index (χ0n) is 11.0. The molecule has 0 bridgehead atoms. The first-order chi connectivity index (χ1) is 9.77. The lowest BCUT2D eigenvalue weighted by molar-refractivity contribution is -0.137. The number of thiocarbonyl (C=S) groups is 1. The zero-order chi connectivity index (χ0) is 15.6. The minimum atomic E-state index is -4.44. The van der Waals surface area contributed by atoms with Gasteiger partial charge in [0.15, 0.2) is 0 Å². The molecule has 2 heterocycles. The van der Waals surface area contributed by atoms with Crippen molar-refractivity contribution < 1.29 is 13.2 Å². The van der Waals surface area contributed by atoms with Crippen LogP contribution in [0.2, 0.25) is 5.02 Å². The van der Waals surface area contributed by atoms with Crippen molar-refractivity contribution in [1.82, 2.24) is 9.88 Å². The van der Waals surface area contributed by atoms with Crippen LogP contribution >= 0.6 is 23.8 Å². The Labute approximate surface area is 130 Å². The summed E-state index contributed by atoms with van der Waals surface area (Å²) >= 11 is 10.8. The summed E-state index contributed by atoms with van der Waals surface area (Å²) in [6.07, 6.45) is -3.63. The van der Waals surface area contributed by atoms with E-state index in [1.165, 1.54) is 0 Å². The van der Waals surface area contributed by atoms with Crippen LogP contribution in [0.3, 0.4) is 0 Å². The fraction of sp³-hybridized carbons (Fsp3) is 0.500. The molecule has 0 unspecified atom stereocenters. The largest absolute Gasteiger partial charge is 0.417 e. The fourth-order valence-corrected chi connectivity index (χ4v) is 2.63.